The molecule has 0 heterocycles. The first kappa shape index (κ1) is 16.3. The molecule has 20 heavy (non-hydrogen) atoms. The van der Waals surface area contributed by atoms with E-state index in [1.807, 2.05) is 6.92 Å². The van der Waals surface area contributed by atoms with Crippen molar-refractivity contribution in [3.05, 3.63) is 23.8 Å². The fraction of sp³-hybridized carbons (Fsp3) is 0.533. The van der Waals surface area contributed by atoms with E-state index in [1.165, 1.54) is 7.11 Å². The van der Waals surface area contributed by atoms with Crippen LogP contribution in [0.2, 0.25) is 0 Å². The van der Waals surface area contributed by atoms with Crippen LogP contribution in [0.25, 0.3) is 0 Å². The molecule has 0 aliphatic rings. The summed E-state index contributed by atoms with van der Waals surface area (Å²) in [7, 11) is 1.52. The quantitative estimate of drug-likeness (QED) is 0.746. The summed E-state index contributed by atoms with van der Waals surface area (Å²) >= 11 is 0. The average molecular weight is 279 g/mol. The molecule has 0 saturated heterocycles. The molecule has 0 saturated carbocycles. The number of nitrogens with zero attached hydrogens (tertiary/aromatic N) is 1. The van der Waals surface area contributed by atoms with Crippen molar-refractivity contribution in [1.82, 2.24) is 10.2 Å². The topological polar surface area (TPSA) is 67.6 Å². The highest BCUT2D eigenvalue weighted by Crippen LogP contribution is 2.25. The molecule has 0 aromatic heterocycles. The number of rotatable bonds is 7. The number of hydrogen-bond acceptors (Lipinski definition) is 4. The van der Waals surface area contributed by atoms with E-state index in [2.05, 4.69) is 24.1 Å². The number of anilines is 1. The summed E-state index contributed by atoms with van der Waals surface area (Å²) in [6, 6.07) is 5.25. The summed E-state index contributed by atoms with van der Waals surface area (Å²) in [4.78, 5) is 14.5. The van der Waals surface area contributed by atoms with E-state index in [0.717, 1.165) is 19.6 Å². The van der Waals surface area contributed by atoms with Crippen LogP contribution in [-0.4, -0.2) is 43.6 Å². The second kappa shape index (κ2) is 7.75. The summed E-state index contributed by atoms with van der Waals surface area (Å²) in [5, 5.41) is 2.98. The van der Waals surface area contributed by atoms with Crippen molar-refractivity contribution in [3.63, 3.8) is 0 Å². The van der Waals surface area contributed by atoms with Gasteiger partial charge in [-0.3, -0.25) is 4.79 Å². The highest BCUT2D eigenvalue weighted by atomic mass is 16.5. The maximum Gasteiger partial charge on any atom is 0.255 e. The second-order valence-electron chi connectivity index (χ2n) is 4.79. The van der Waals surface area contributed by atoms with Crippen LogP contribution in [0, 0.1) is 0 Å². The van der Waals surface area contributed by atoms with Crippen molar-refractivity contribution < 1.29 is 9.53 Å². The van der Waals surface area contributed by atoms with E-state index in [4.69, 9.17) is 10.5 Å². The third kappa shape index (κ3) is 4.13. The fourth-order valence-corrected chi connectivity index (χ4v) is 2.18. The number of para-hydroxylation sites is 1. The number of amides is 1. The van der Waals surface area contributed by atoms with Crippen LogP contribution in [0.4, 0.5) is 5.69 Å². The molecule has 1 atom stereocenters. The molecule has 0 radical (unpaired) electrons. The molecular weight excluding hydrogens is 254 g/mol. The molecule has 3 N–H and O–H groups in total. The van der Waals surface area contributed by atoms with Gasteiger partial charge in [-0.2, -0.15) is 0 Å². The SMILES string of the molecule is CCN(CC)CC(C)NC(=O)c1cccc(N)c1OC. The lowest BCUT2D eigenvalue weighted by Gasteiger charge is -2.23. The van der Waals surface area contributed by atoms with Gasteiger partial charge in [0.1, 0.15) is 0 Å². The van der Waals surface area contributed by atoms with E-state index < -0.39 is 0 Å². The van der Waals surface area contributed by atoms with Crippen LogP contribution < -0.4 is 15.8 Å². The van der Waals surface area contributed by atoms with Gasteiger partial charge in [0.25, 0.3) is 5.91 Å². The maximum absolute atomic E-state index is 12.3. The summed E-state index contributed by atoms with van der Waals surface area (Å²) in [5.74, 6) is 0.272. The van der Waals surface area contributed by atoms with E-state index in [0.29, 0.717) is 17.0 Å². The van der Waals surface area contributed by atoms with Gasteiger partial charge in [-0.25, -0.2) is 0 Å². The third-order valence-electron chi connectivity index (χ3n) is 3.30. The van der Waals surface area contributed by atoms with Crippen LogP contribution in [0.3, 0.4) is 0 Å². The van der Waals surface area contributed by atoms with Gasteiger partial charge in [0.2, 0.25) is 0 Å². The Morgan fingerprint density at radius 1 is 1.40 bits per heavy atom. The van der Waals surface area contributed by atoms with Crippen molar-refractivity contribution in [3.8, 4) is 5.75 Å². The van der Waals surface area contributed by atoms with Gasteiger partial charge in [0.05, 0.1) is 18.4 Å². The number of carbonyl (C=O) groups is 1. The van der Waals surface area contributed by atoms with Crippen LogP contribution in [0.15, 0.2) is 18.2 Å². The van der Waals surface area contributed by atoms with Crippen molar-refractivity contribution in [2.75, 3.05) is 32.5 Å². The molecule has 5 nitrogen and oxygen atoms in total. The Morgan fingerprint density at radius 3 is 2.60 bits per heavy atom. The lowest BCUT2D eigenvalue weighted by atomic mass is 10.1. The van der Waals surface area contributed by atoms with E-state index in [1.54, 1.807) is 18.2 Å². The van der Waals surface area contributed by atoms with Gasteiger partial charge in [-0.05, 0) is 32.1 Å². The standard InChI is InChI=1S/C15H25N3O2/c1-5-18(6-2)10-11(3)17-15(19)12-8-7-9-13(16)14(12)20-4/h7-9,11H,5-6,10,16H2,1-4H3,(H,17,19). The number of carbonyl (C=O) groups excluding carboxylic acids is 1. The van der Waals surface area contributed by atoms with Crippen LogP contribution in [0.5, 0.6) is 5.75 Å². The number of nitrogens with one attached hydrogen (secondary N) is 1. The third-order valence-corrected chi connectivity index (χ3v) is 3.30. The Balaban J connectivity index is 2.74. The highest BCUT2D eigenvalue weighted by molar-refractivity contribution is 5.98. The van der Waals surface area contributed by atoms with E-state index >= 15 is 0 Å². The minimum atomic E-state index is -0.159. The van der Waals surface area contributed by atoms with Gasteiger partial charge in [0, 0.05) is 12.6 Å². The zero-order chi connectivity index (χ0) is 15.1. The summed E-state index contributed by atoms with van der Waals surface area (Å²) in [5.41, 5.74) is 6.75. The summed E-state index contributed by atoms with van der Waals surface area (Å²) in [6.45, 7) is 8.98. The van der Waals surface area contributed by atoms with Gasteiger partial charge in [-0.1, -0.05) is 19.9 Å². The Labute approximate surface area is 121 Å². The molecule has 5 heteroatoms. The molecule has 1 rings (SSSR count). The molecule has 0 aliphatic heterocycles. The summed E-state index contributed by atoms with van der Waals surface area (Å²) in [6.07, 6.45) is 0. The smallest absolute Gasteiger partial charge is 0.255 e. The first-order valence-electron chi connectivity index (χ1n) is 6.99. The number of benzene rings is 1. The molecule has 0 bridgehead atoms. The van der Waals surface area contributed by atoms with E-state index in [9.17, 15) is 4.79 Å². The largest absolute Gasteiger partial charge is 0.494 e. The fourth-order valence-electron chi connectivity index (χ4n) is 2.18. The number of methoxy groups -OCH3 is 1. The number of likely N-dealkylation sites (N-methyl/N-ethyl adjacent to an activating group) is 1. The maximum atomic E-state index is 12.3. The second-order valence-corrected chi connectivity index (χ2v) is 4.79. The highest BCUT2D eigenvalue weighted by Gasteiger charge is 2.17. The van der Waals surface area contributed by atoms with Gasteiger partial charge < -0.3 is 20.7 Å². The molecular formula is C15H25N3O2. The normalized spacial score (nSPS) is 12.2. The van der Waals surface area contributed by atoms with Crippen molar-refractivity contribution in [2.24, 2.45) is 0 Å². The lowest BCUT2D eigenvalue weighted by Crippen LogP contribution is -2.42. The number of ether oxygens (including phenoxy) is 1. The molecule has 0 fully saturated rings. The van der Waals surface area contributed by atoms with Crippen LogP contribution >= 0.6 is 0 Å². The average Bonchev–Trinajstić information content (AvgIpc) is 2.44. The molecule has 1 aromatic rings. The Morgan fingerprint density at radius 2 is 2.05 bits per heavy atom. The summed E-state index contributed by atoms with van der Waals surface area (Å²) < 4.78 is 5.21. The van der Waals surface area contributed by atoms with Crippen molar-refractivity contribution in [2.45, 2.75) is 26.8 Å². The molecule has 112 valence electrons. The molecule has 1 aromatic carbocycles. The Kier molecular flexibility index (Phi) is 6.31. The molecule has 0 aliphatic carbocycles. The Bertz CT molecular complexity index is 445. The first-order valence-corrected chi connectivity index (χ1v) is 6.99. The molecule has 0 spiro atoms. The predicted molar refractivity (Wildman–Crippen MR) is 82.1 cm³/mol. The zero-order valence-corrected chi connectivity index (χ0v) is 12.8. The molecule has 1 unspecified atom stereocenters. The minimum absolute atomic E-state index is 0.0635. The predicted octanol–water partition coefficient (Wildman–Crippen LogP) is 1.74. The zero-order valence-electron chi connectivity index (χ0n) is 12.8. The van der Waals surface area contributed by atoms with Gasteiger partial charge in [0.15, 0.2) is 5.75 Å². The van der Waals surface area contributed by atoms with Crippen molar-refractivity contribution >= 4 is 11.6 Å². The molecule has 1 amide bonds. The number of hydrogen-bond donors (Lipinski definition) is 2. The van der Waals surface area contributed by atoms with E-state index in [-0.39, 0.29) is 11.9 Å². The monoisotopic (exact) mass is 279 g/mol. The van der Waals surface area contributed by atoms with Crippen molar-refractivity contribution in [1.29, 1.82) is 0 Å². The van der Waals surface area contributed by atoms with Gasteiger partial charge >= 0.3 is 0 Å². The number of nitrogen functional groups attached to an aromatic ring is 1. The van der Waals surface area contributed by atoms with Crippen LogP contribution in [-0.2, 0) is 0 Å². The first-order chi connectivity index (χ1) is 9.53. The minimum Gasteiger partial charge on any atom is -0.494 e. The number of nitrogens with two attached hydrogens (primary N) is 1. The van der Waals surface area contributed by atoms with Crippen LogP contribution in [0.1, 0.15) is 31.1 Å². The Hall–Kier alpha value is -1.75. The lowest BCUT2D eigenvalue weighted by molar-refractivity contribution is 0.0927. The van der Waals surface area contributed by atoms with Gasteiger partial charge in [-0.15, -0.1) is 0 Å².